The van der Waals surface area contributed by atoms with Crippen molar-refractivity contribution in [2.24, 2.45) is 0 Å². The van der Waals surface area contributed by atoms with Crippen molar-refractivity contribution in [2.45, 2.75) is 25.7 Å². The lowest BCUT2D eigenvalue weighted by Crippen LogP contribution is -2.58. The van der Waals surface area contributed by atoms with Crippen LogP contribution in [0.2, 0.25) is 0 Å². The van der Waals surface area contributed by atoms with E-state index in [2.05, 4.69) is 0 Å². The van der Waals surface area contributed by atoms with Crippen LogP contribution in [0.5, 0.6) is 0 Å². The third kappa shape index (κ3) is 4.05. The first-order valence-electron chi connectivity index (χ1n) is 7.47. The molecule has 8 heteroatoms. The van der Waals surface area contributed by atoms with E-state index in [1.807, 2.05) is 0 Å². The minimum atomic E-state index is -4.40. The van der Waals surface area contributed by atoms with Crippen molar-refractivity contribution in [1.82, 2.24) is 9.80 Å². The molecule has 1 aliphatic rings. The van der Waals surface area contributed by atoms with E-state index in [-0.39, 0.29) is 24.9 Å². The summed E-state index contributed by atoms with van der Waals surface area (Å²) in [5.74, 6) is -0.434. The molecule has 24 heavy (non-hydrogen) atoms. The van der Waals surface area contributed by atoms with Crippen molar-refractivity contribution >= 4 is 11.8 Å². The number of methoxy groups -OCH3 is 1. The number of ether oxygens (including phenoxy) is 1. The zero-order valence-corrected chi connectivity index (χ0v) is 13.5. The van der Waals surface area contributed by atoms with Gasteiger partial charge in [0.05, 0.1) is 18.7 Å². The molecule has 0 spiro atoms. The first-order valence-corrected chi connectivity index (χ1v) is 7.47. The quantitative estimate of drug-likeness (QED) is 0.820. The van der Waals surface area contributed by atoms with Gasteiger partial charge in [-0.25, -0.2) is 0 Å². The van der Waals surface area contributed by atoms with Crippen molar-refractivity contribution in [3.05, 3.63) is 35.4 Å². The number of alkyl halides is 3. The van der Waals surface area contributed by atoms with Crippen molar-refractivity contribution in [1.29, 1.82) is 0 Å². The molecule has 0 bridgehead atoms. The van der Waals surface area contributed by atoms with Gasteiger partial charge in [0, 0.05) is 20.2 Å². The second-order valence-corrected chi connectivity index (χ2v) is 5.64. The molecule has 0 radical (unpaired) electrons. The lowest BCUT2D eigenvalue weighted by Gasteiger charge is -2.38. The second kappa shape index (κ2) is 7.21. The minimum absolute atomic E-state index is 0.0484. The van der Waals surface area contributed by atoms with Gasteiger partial charge in [0.15, 0.2) is 0 Å². The molecule has 1 aromatic carbocycles. The molecule has 0 N–H and O–H groups in total. The summed E-state index contributed by atoms with van der Waals surface area (Å²) in [5.41, 5.74) is -0.201. The highest BCUT2D eigenvalue weighted by Gasteiger charge is 2.36. The molecule has 1 fully saturated rings. The second-order valence-electron chi connectivity index (χ2n) is 5.64. The van der Waals surface area contributed by atoms with Crippen LogP contribution in [-0.2, 0) is 27.0 Å². The van der Waals surface area contributed by atoms with E-state index in [4.69, 9.17) is 4.74 Å². The highest BCUT2D eigenvalue weighted by molar-refractivity contribution is 5.94. The maximum Gasteiger partial charge on any atom is 0.416 e. The van der Waals surface area contributed by atoms with Gasteiger partial charge in [-0.15, -0.1) is 0 Å². The van der Waals surface area contributed by atoms with E-state index in [9.17, 15) is 22.8 Å². The molecule has 2 amide bonds. The molecule has 0 aliphatic carbocycles. The third-order valence-corrected chi connectivity index (χ3v) is 3.98. The Labute approximate surface area is 138 Å². The summed E-state index contributed by atoms with van der Waals surface area (Å²) in [6.45, 7) is 2.34. The summed E-state index contributed by atoms with van der Waals surface area (Å²) in [4.78, 5) is 27.4. The van der Waals surface area contributed by atoms with Crippen LogP contribution in [0.4, 0.5) is 13.2 Å². The highest BCUT2D eigenvalue weighted by Crippen LogP contribution is 2.29. The molecule has 5 nitrogen and oxygen atoms in total. The fraction of sp³-hybridized carbons (Fsp3) is 0.500. The number of nitrogens with zero attached hydrogens (tertiary/aromatic N) is 2. The fourth-order valence-corrected chi connectivity index (χ4v) is 2.56. The van der Waals surface area contributed by atoms with Crippen molar-refractivity contribution < 1.29 is 27.5 Å². The molecule has 132 valence electrons. The molecule has 1 saturated heterocycles. The van der Waals surface area contributed by atoms with Crippen molar-refractivity contribution in [3.63, 3.8) is 0 Å². The Bertz CT molecular complexity index is 602. The van der Waals surface area contributed by atoms with Crippen LogP contribution >= 0.6 is 0 Å². The van der Waals surface area contributed by atoms with E-state index < -0.39 is 17.8 Å². The molecule has 2 rings (SSSR count). The Morgan fingerprint density at radius 3 is 2.38 bits per heavy atom. The number of carbonyl (C=O) groups excluding carboxylic acids is 2. The molecular weight excluding hydrogens is 325 g/mol. The van der Waals surface area contributed by atoms with Crippen molar-refractivity contribution in [2.75, 3.05) is 26.8 Å². The Kier molecular flexibility index (Phi) is 5.48. The van der Waals surface area contributed by atoms with Crippen LogP contribution in [-0.4, -0.2) is 54.5 Å². The number of hydrogen-bond donors (Lipinski definition) is 0. The van der Waals surface area contributed by atoms with Gasteiger partial charge in [-0.1, -0.05) is 12.1 Å². The van der Waals surface area contributed by atoms with Gasteiger partial charge in [0.1, 0.15) is 6.04 Å². The number of rotatable bonds is 5. The van der Waals surface area contributed by atoms with Crippen molar-refractivity contribution in [3.8, 4) is 0 Å². The Hall–Kier alpha value is -2.09. The van der Waals surface area contributed by atoms with Crippen LogP contribution in [0.3, 0.4) is 0 Å². The maximum atomic E-state index is 12.6. The molecule has 1 aliphatic heterocycles. The molecule has 1 aromatic rings. The van der Waals surface area contributed by atoms with Crippen LogP contribution in [0.1, 0.15) is 18.1 Å². The number of halogens is 3. The van der Waals surface area contributed by atoms with Crippen LogP contribution in [0, 0.1) is 0 Å². The monoisotopic (exact) mass is 344 g/mol. The predicted molar refractivity (Wildman–Crippen MR) is 79.9 cm³/mol. The molecule has 0 aromatic heterocycles. The van der Waals surface area contributed by atoms with E-state index in [1.54, 1.807) is 6.92 Å². The third-order valence-electron chi connectivity index (χ3n) is 3.98. The van der Waals surface area contributed by atoms with Gasteiger partial charge >= 0.3 is 6.18 Å². The van der Waals surface area contributed by atoms with E-state index in [0.29, 0.717) is 18.7 Å². The first-order chi connectivity index (χ1) is 11.2. The van der Waals surface area contributed by atoms with Crippen LogP contribution in [0.15, 0.2) is 24.3 Å². The average Bonchev–Trinajstić information content (AvgIpc) is 2.53. The SMILES string of the molecule is COCCN1CC(=O)N(Cc2ccc(C(F)(F)F)cc2)[C@@H](C)C1=O. The van der Waals surface area contributed by atoms with Gasteiger partial charge in [0.25, 0.3) is 0 Å². The average molecular weight is 344 g/mol. The summed E-state index contributed by atoms with van der Waals surface area (Å²) in [6, 6.07) is 3.93. The summed E-state index contributed by atoms with van der Waals surface area (Å²) >= 11 is 0. The molecular formula is C16H19F3N2O3. The standard InChI is InChI=1S/C16H19F3N2O3/c1-11-15(23)20(7-8-24-2)10-14(22)21(11)9-12-3-5-13(6-4-12)16(17,18)19/h3-6,11H,7-10H2,1-2H3/t11-/m0/s1. The summed E-state index contributed by atoms with van der Waals surface area (Å²) in [5, 5.41) is 0. The van der Waals surface area contributed by atoms with E-state index in [0.717, 1.165) is 12.1 Å². The molecule has 0 unspecified atom stereocenters. The first kappa shape index (κ1) is 18.3. The number of piperazine rings is 1. The predicted octanol–water partition coefficient (Wildman–Crippen LogP) is 1.91. The van der Waals surface area contributed by atoms with E-state index >= 15 is 0 Å². The smallest absolute Gasteiger partial charge is 0.383 e. The Balaban J connectivity index is 2.07. The number of amides is 2. The van der Waals surface area contributed by atoms with Gasteiger partial charge in [-0.05, 0) is 24.6 Å². The topological polar surface area (TPSA) is 49.9 Å². The lowest BCUT2D eigenvalue weighted by molar-refractivity contribution is -0.156. The summed E-state index contributed by atoms with van der Waals surface area (Å²) in [6.07, 6.45) is -4.40. The van der Waals surface area contributed by atoms with Crippen LogP contribution < -0.4 is 0 Å². The molecule has 0 saturated carbocycles. The summed E-state index contributed by atoms with van der Waals surface area (Å²) < 4.78 is 42.6. The minimum Gasteiger partial charge on any atom is -0.383 e. The zero-order valence-electron chi connectivity index (χ0n) is 13.5. The number of carbonyl (C=O) groups is 2. The van der Waals surface area contributed by atoms with Crippen LogP contribution in [0.25, 0.3) is 0 Å². The van der Waals surface area contributed by atoms with Gasteiger partial charge in [-0.3, -0.25) is 9.59 Å². The van der Waals surface area contributed by atoms with Gasteiger partial charge < -0.3 is 14.5 Å². The van der Waals surface area contributed by atoms with E-state index in [1.165, 1.54) is 29.0 Å². The molecule has 1 atom stereocenters. The fourth-order valence-electron chi connectivity index (χ4n) is 2.56. The zero-order chi connectivity index (χ0) is 17.9. The Morgan fingerprint density at radius 1 is 1.21 bits per heavy atom. The van der Waals surface area contributed by atoms with Gasteiger partial charge in [0.2, 0.25) is 11.8 Å². The molecule has 1 heterocycles. The highest BCUT2D eigenvalue weighted by atomic mass is 19.4. The van der Waals surface area contributed by atoms with Gasteiger partial charge in [-0.2, -0.15) is 13.2 Å². The number of hydrogen-bond acceptors (Lipinski definition) is 3. The summed E-state index contributed by atoms with van der Waals surface area (Å²) in [7, 11) is 1.51. The maximum absolute atomic E-state index is 12.6. The lowest BCUT2D eigenvalue weighted by atomic mass is 10.1. The Morgan fingerprint density at radius 2 is 1.83 bits per heavy atom. The normalized spacial score (nSPS) is 19.1. The number of benzene rings is 1. The largest absolute Gasteiger partial charge is 0.416 e.